The number of pyridine rings is 3. The van der Waals surface area contributed by atoms with E-state index in [0.29, 0.717) is 5.65 Å². The Morgan fingerprint density at radius 1 is 1.00 bits per heavy atom. The van der Waals surface area contributed by atoms with Crippen molar-refractivity contribution >= 4 is 11.0 Å². The first-order valence-electron chi connectivity index (χ1n) is 6.65. The first kappa shape index (κ1) is 13.9. The van der Waals surface area contributed by atoms with Crippen LogP contribution in [0.4, 0.5) is 0 Å². The van der Waals surface area contributed by atoms with Crippen molar-refractivity contribution in [3.8, 4) is 5.69 Å². The zero-order chi connectivity index (χ0) is 14.5. The lowest BCUT2D eigenvalue weighted by atomic mass is 10.2. The van der Waals surface area contributed by atoms with Gasteiger partial charge in [0.25, 0.3) is 5.56 Å². The molecule has 0 bridgehead atoms. The van der Waals surface area contributed by atoms with E-state index < -0.39 is 0 Å². The fraction of sp³-hybridized carbons (Fsp3) is 0.188. The molecule has 0 saturated carbocycles. The van der Waals surface area contributed by atoms with Crippen LogP contribution in [0.5, 0.6) is 0 Å². The maximum absolute atomic E-state index is 12.0. The standard InChI is InChI=1S/C14H11N3O.C2H6/c1-10-4-6-12(9-16-10)17-13(18)7-5-11-3-2-8-15-14(11)17;1-2/h2-9H,1H3;1-2H3. The van der Waals surface area contributed by atoms with E-state index in [-0.39, 0.29) is 5.56 Å². The largest absolute Gasteiger partial charge is 0.269 e. The molecule has 3 aromatic rings. The van der Waals surface area contributed by atoms with E-state index in [9.17, 15) is 4.79 Å². The third kappa shape index (κ3) is 2.59. The molecule has 4 nitrogen and oxygen atoms in total. The molecule has 0 aliphatic carbocycles. The van der Waals surface area contributed by atoms with Gasteiger partial charge >= 0.3 is 0 Å². The molecule has 0 fully saturated rings. The number of fused-ring (bicyclic) bond motifs is 1. The summed E-state index contributed by atoms with van der Waals surface area (Å²) in [5.74, 6) is 0. The van der Waals surface area contributed by atoms with Crippen LogP contribution >= 0.6 is 0 Å². The van der Waals surface area contributed by atoms with E-state index in [1.165, 1.54) is 0 Å². The summed E-state index contributed by atoms with van der Waals surface area (Å²) in [5, 5.41) is 0.928. The van der Waals surface area contributed by atoms with Gasteiger partial charge in [0.1, 0.15) is 5.65 Å². The van der Waals surface area contributed by atoms with Crippen LogP contribution in [0.1, 0.15) is 19.5 Å². The topological polar surface area (TPSA) is 47.8 Å². The van der Waals surface area contributed by atoms with Crippen molar-refractivity contribution in [3.63, 3.8) is 0 Å². The molecule has 0 spiro atoms. The minimum Gasteiger partial charge on any atom is -0.269 e. The molecule has 3 heterocycles. The molecule has 0 aliphatic heterocycles. The molecular formula is C16H17N3O. The predicted octanol–water partition coefficient (Wildman–Crippen LogP) is 3.12. The molecule has 102 valence electrons. The van der Waals surface area contributed by atoms with Crippen molar-refractivity contribution in [3.05, 3.63) is 64.8 Å². The van der Waals surface area contributed by atoms with Crippen LogP contribution in [-0.4, -0.2) is 14.5 Å². The zero-order valence-corrected chi connectivity index (χ0v) is 11.9. The van der Waals surface area contributed by atoms with Gasteiger partial charge in [-0.25, -0.2) is 4.98 Å². The summed E-state index contributed by atoms with van der Waals surface area (Å²) < 4.78 is 1.57. The van der Waals surface area contributed by atoms with Crippen molar-refractivity contribution in [2.75, 3.05) is 0 Å². The van der Waals surface area contributed by atoms with Crippen molar-refractivity contribution < 1.29 is 0 Å². The zero-order valence-electron chi connectivity index (χ0n) is 11.9. The number of rotatable bonds is 1. The lowest BCUT2D eigenvalue weighted by molar-refractivity contribution is 0.995. The van der Waals surface area contributed by atoms with Crippen LogP contribution in [-0.2, 0) is 0 Å². The number of hydrogen-bond donors (Lipinski definition) is 0. The Hall–Kier alpha value is -2.49. The normalized spacial score (nSPS) is 9.95. The molecule has 0 amide bonds. The second-order valence-corrected chi connectivity index (χ2v) is 4.08. The highest BCUT2D eigenvalue weighted by Crippen LogP contribution is 2.13. The molecule has 0 aliphatic rings. The van der Waals surface area contributed by atoms with Gasteiger partial charge in [-0.05, 0) is 37.3 Å². The van der Waals surface area contributed by atoms with Gasteiger partial charge in [-0.3, -0.25) is 14.3 Å². The second-order valence-electron chi connectivity index (χ2n) is 4.08. The summed E-state index contributed by atoms with van der Waals surface area (Å²) >= 11 is 0. The van der Waals surface area contributed by atoms with E-state index in [1.807, 2.05) is 45.0 Å². The SMILES string of the molecule is CC.Cc1ccc(-n2c(=O)ccc3cccnc32)cn1. The van der Waals surface area contributed by atoms with Crippen LogP contribution in [0, 0.1) is 6.92 Å². The first-order chi connectivity index (χ1) is 9.75. The van der Waals surface area contributed by atoms with Crippen LogP contribution in [0.3, 0.4) is 0 Å². The Labute approximate surface area is 117 Å². The van der Waals surface area contributed by atoms with E-state index >= 15 is 0 Å². The monoisotopic (exact) mass is 267 g/mol. The molecular weight excluding hydrogens is 250 g/mol. The molecule has 3 rings (SSSR count). The molecule has 20 heavy (non-hydrogen) atoms. The van der Waals surface area contributed by atoms with Gasteiger partial charge in [0.2, 0.25) is 0 Å². The van der Waals surface area contributed by atoms with Gasteiger partial charge in [0, 0.05) is 23.3 Å². The van der Waals surface area contributed by atoms with Gasteiger partial charge < -0.3 is 0 Å². The number of aryl methyl sites for hydroxylation is 1. The number of nitrogens with zero attached hydrogens (tertiary/aromatic N) is 3. The van der Waals surface area contributed by atoms with Crippen LogP contribution in [0.25, 0.3) is 16.7 Å². The number of aromatic nitrogens is 3. The molecule has 3 aromatic heterocycles. The average Bonchev–Trinajstić information content (AvgIpc) is 2.50. The highest BCUT2D eigenvalue weighted by molar-refractivity contribution is 5.76. The summed E-state index contributed by atoms with van der Waals surface area (Å²) in [4.78, 5) is 20.5. The quantitative estimate of drug-likeness (QED) is 0.680. The molecule has 0 aromatic carbocycles. The molecule has 0 saturated heterocycles. The fourth-order valence-electron chi connectivity index (χ4n) is 1.91. The van der Waals surface area contributed by atoms with Crippen molar-refractivity contribution in [1.29, 1.82) is 0 Å². The minimum absolute atomic E-state index is 0.105. The van der Waals surface area contributed by atoms with Gasteiger partial charge in [-0.1, -0.05) is 13.8 Å². The Morgan fingerprint density at radius 3 is 2.50 bits per heavy atom. The van der Waals surface area contributed by atoms with E-state index in [1.54, 1.807) is 29.1 Å². The third-order valence-electron chi connectivity index (χ3n) is 2.81. The summed E-state index contributed by atoms with van der Waals surface area (Å²) in [7, 11) is 0. The number of hydrogen-bond acceptors (Lipinski definition) is 3. The van der Waals surface area contributed by atoms with Gasteiger partial charge in [-0.2, -0.15) is 0 Å². The molecule has 0 unspecified atom stereocenters. The molecule has 0 N–H and O–H groups in total. The first-order valence-corrected chi connectivity index (χ1v) is 6.65. The highest BCUT2D eigenvalue weighted by atomic mass is 16.1. The Bertz CT molecular complexity index is 761. The predicted molar refractivity (Wildman–Crippen MR) is 81.2 cm³/mol. The van der Waals surface area contributed by atoms with Gasteiger partial charge in [-0.15, -0.1) is 0 Å². The highest BCUT2D eigenvalue weighted by Gasteiger charge is 2.05. The maximum atomic E-state index is 12.0. The van der Waals surface area contributed by atoms with Crippen molar-refractivity contribution in [1.82, 2.24) is 14.5 Å². The average molecular weight is 267 g/mol. The smallest absolute Gasteiger partial charge is 0.256 e. The van der Waals surface area contributed by atoms with E-state index in [4.69, 9.17) is 0 Å². The Kier molecular flexibility index (Phi) is 4.25. The van der Waals surface area contributed by atoms with Crippen LogP contribution in [0.2, 0.25) is 0 Å². The minimum atomic E-state index is -0.105. The van der Waals surface area contributed by atoms with E-state index in [2.05, 4.69) is 9.97 Å². The summed E-state index contributed by atoms with van der Waals surface area (Å²) in [6.45, 7) is 5.91. The summed E-state index contributed by atoms with van der Waals surface area (Å²) in [5.41, 5.74) is 2.19. The summed E-state index contributed by atoms with van der Waals surface area (Å²) in [6.07, 6.45) is 3.37. The lowest BCUT2D eigenvalue weighted by Gasteiger charge is -2.08. The van der Waals surface area contributed by atoms with E-state index in [0.717, 1.165) is 16.8 Å². The van der Waals surface area contributed by atoms with Gasteiger partial charge in [0.15, 0.2) is 0 Å². The Balaban J connectivity index is 0.000000704. The Morgan fingerprint density at radius 2 is 1.80 bits per heavy atom. The molecule has 4 heteroatoms. The summed E-state index contributed by atoms with van der Waals surface area (Å²) in [6, 6.07) is 10.9. The van der Waals surface area contributed by atoms with Crippen LogP contribution in [0.15, 0.2) is 53.6 Å². The second kappa shape index (κ2) is 6.10. The van der Waals surface area contributed by atoms with Gasteiger partial charge in [0.05, 0.1) is 11.9 Å². The third-order valence-corrected chi connectivity index (χ3v) is 2.81. The van der Waals surface area contributed by atoms with Crippen molar-refractivity contribution in [2.45, 2.75) is 20.8 Å². The maximum Gasteiger partial charge on any atom is 0.256 e. The molecule has 0 atom stereocenters. The van der Waals surface area contributed by atoms with Crippen molar-refractivity contribution in [2.24, 2.45) is 0 Å². The lowest BCUT2D eigenvalue weighted by Crippen LogP contribution is -2.18. The molecule has 0 radical (unpaired) electrons. The fourth-order valence-corrected chi connectivity index (χ4v) is 1.91. The van der Waals surface area contributed by atoms with Crippen LogP contribution < -0.4 is 5.56 Å².